The van der Waals surface area contributed by atoms with E-state index in [0.717, 1.165) is 24.1 Å². The predicted octanol–water partition coefficient (Wildman–Crippen LogP) is 4.69. The number of halogens is 4. The van der Waals surface area contributed by atoms with Gasteiger partial charge in [0.2, 0.25) is 11.8 Å². The molecule has 0 fully saturated rings. The lowest BCUT2D eigenvalue weighted by molar-refractivity contribution is -0.118. The van der Waals surface area contributed by atoms with E-state index in [1.54, 1.807) is 6.07 Å². The van der Waals surface area contributed by atoms with Crippen molar-refractivity contribution in [3.63, 3.8) is 0 Å². The summed E-state index contributed by atoms with van der Waals surface area (Å²) >= 11 is 0.882. The van der Waals surface area contributed by atoms with Crippen molar-refractivity contribution >= 4 is 41.4 Å². The first kappa shape index (κ1) is 24.1. The number of rotatable bonds is 8. The fourth-order valence-corrected chi connectivity index (χ4v) is 3.46. The highest BCUT2D eigenvalue weighted by molar-refractivity contribution is 8.00. The Balaban J connectivity index is 1.66. The smallest absolute Gasteiger partial charge is 0.387 e. The highest BCUT2D eigenvalue weighted by atomic mass is 32.2. The molecule has 0 aliphatic carbocycles. The summed E-state index contributed by atoms with van der Waals surface area (Å²) in [5.74, 6) is -3.60. The number of aliphatic imine (C=N–C) groups is 1. The van der Waals surface area contributed by atoms with Gasteiger partial charge in [0.05, 0.1) is 11.6 Å². The Morgan fingerprint density at radius 2 is 1.97 bits per heavy atom. The lowest BCUT2D eigenvalue weighted by Crippen LogP contribution is -2.28. The Hall–Kier alpha value is -3.54. The number of anilines is 2. The monoisotopic (exact) mass is 482 g/mol. The van der Waals surface area contributed by atoms with Crippen LogP contribution in [0.2, 0.25) is 0 Å². The van der Waals surface area contributed by atoms with Crippen LogP contribution in [0, 0.1) is 17.6 Å². The molecule has 7 nitrogen and oxygen atoms in total. The van der Waals surface area contributed by atoms with Gasteiger partial charge >= 0.3 is 6.61 Å². The Morgan fingerprint density at radius 1 is 1.18 bits per heavy atom. The van der Waals surface area contributed by atoms with Gasteiger partial charge in [0.25, 0.3) is 0 Å². The molecule has 0 radical (unpaired) electrons. The van der Waals surface area contributed by atoms with Crippen LogP contribution >= 0.6 is 11.9 Å². The third kappa shape index (κ3) is 6.72. The summed E-state index contributed by atoms with van der Waals surface area (Å²) in [7, 11) is 0. The van der Waals surface area contributed by atoms with Crippen LogP contribution in [0.15, 0.2) is 58.2 Å². The fraction of sp³-hybridized carbons (Fsp3) is 0.190. The number of nitrogens with one attached hydrogen (secondary N) is 3. The number of carbonyl (C=O) groups excluding carboxylic acids is 2. The Morgan fingerprint density at radius 3 is 2.64 bits per heavy atom. The first-order valence-electron chi connectivity index (χ1n) is 9.51. The van der Waals surface area contributed by atoms with Crippen LogP contribution in [0.3, 0.4) is 0 Å². The third-order valence-corrected chi connectivity index (χ3v) is 5.06. The first-order valence-corrected chi connectivity index (χ1v) is 10.3. The fourth-order valence-electron chi connectivity index (χ4n) is 2.75. The highest BCUT2D eigenvalue weighted by Crippen LogP contribution is 2.31. The van der Waals surface area contributed by atoms with Gasteiger partial charge in [-0.25, -0.2) is 13.8 Å². The zero-order valence-electron chi connectivity index (χ0n) is 17.1. The minimum atomic E-state index is -2.99. The molecule has 0 saturated heterocycles. The van der Waals surface area contributed by atoms with Crippen molar-refractivity contribution in [1.29, 1.82) is 0 Å². The van der Waals surface area contributed by atoms with Crippen LogP contribution in [-0.2, 0) is 9.59 Å². The van der Waals surface area contributed by atoms with Crippen LogP contribution in [0.25, 0.3) is 0 Å². The second-order valence-corrected chi connectivity index (χ2v) is 7.60. The molecule has 1 unspecified atom stereocenters. The summed E-state index contributed by atoms with van der Waals surface area (Å²) in [5, 5.41) is 4.70. The zero-order chi connectivity index (χ0) is 24.0. The van der Waals surface area contributed by atoms with Crippen LogP contribution in [0.5, 0.6) is 5.75 Å². The van der Waals surface area contributed by atoms with Crippen molar-refractivity contribution in [2.24, 2.45) is 10.9 Å². The number of hydrogen-bond acceptors (Lipinski definition) is 6. The van der Waals surface area contributed by atoms with Gasteiger partial charge in [0, 0.05) is 18.0 Å². The van der Waals surface area contributed by atoms with Crippen molar-refractivity contribution in [3.8, 4) is 5.75 Å². The lowest BCUT2D eigenvalue weighted by atomic mass is 10.0. The van der Waals surface area contributed by atoms with E-state index in [-0.39, 0.29) is 29.6 Å². The van der Waals surface area contributed by atoms with Crippen molar-refractivity contribution in [1.82, 2.24) is 5.32 Å². The molecule has 12 heteroatoms. The van der Waals surface area contributed by atoms with E-state index in [1.165, 1.54) is 37.4 Å². The molecule has 33 heavy (non-hydrogen) atoms. The van der Waals surface area contributed by atoms with Crippen molar-refractivity contribution in [2.45, 2.75) is 24.9 Å². The maximum atomic E-state index is 14.9. The second kappa shape index (κ2) is 10.9. The Kier molecular flexibility index (Phi) is 7.93. The number of nitrogens with zero attached hydrogens (tertiary/aromatic N) is 1. The van der Waals surface area contributed by atoms with Crippen LogP contribution in [0.1, 0.15) is 13.3 Å². The molecule has 0 spiro atoms. The zero-order valence-corrected chi connectivity index (χ0v) is 17.9. The van der Waals surface area contributed by atoms with Gasteiger partial charge in [-0.2, -0.15) is 8.78 Å². The van der Waals surface area contributed by atoms with E-state index in [0.29, 0.717) is 4.90 Å². The van der Waals surface area contributed by atoms with Gasteiger partial charge < -0.3 is 20.1 Å². The average molecular weight is 482 g/mol. The van der Waals surface area contributed by atoms with E-state index in [9.17, 15) is 27.2 Å². The van der Waals surface area contributed by atoms with E-state index in [2.05, 4.69) is 25.1 Å². The molecule has 0 bridgehead atoms. The normalized spacial score (nSPS) is 15.1. The van der Waals surface area contributed by atoms with Crippen molar-refractivity contribution < 1.29 is 31.9 Å². The molecule has 1 aliphatic rings. The van der Waals surface area contributed by atoms with Gasteiger partial charge in [-0.15, -0.1) is 0 Å². The minimum absolute atomic E-state index is 0.0748. The molecule has 3 N–H and O–H groups in total. The number of allylic oxidation sites excluding steroid dienone is 1. The maximum Gasteiger partial charge on any atom is 0.387 e. The van der Waals surface area contributed by atoms with Gasteiger partial charge in [0.15, 0.2) is 5.82 Å². The van der Waals surface area contributed by atoms with E-state index in [4.69, 9.17) is 0 Å². The topological polar surface area (TPSA) is 91.8 Å². The number of hydrogen-bond donors (Lipinski definition) is 3. The molecular formula is C21H18F4N4O3S. The van der Waals surface area contributed by atoms with E-state index < -0.39 is 35.8 Å². The van der Waals surface area contributed by atoms with Crippen LogP contribution < -0.4 is 20.1 Å². The third-order valence-electron chi connectivity index (χ3n) is 4.25. The summed E-state index contributed by atoms with van der Waals surface area (Å²) in [6.45, 7) is -1.67. The van der Waals surface area contributed by atoms with E-state index in [1.807, 2.05) is 0 Å². The Bertz CT molecular complexity index is 1110. The van der Waals surface area contributed by atoms with Gasteiger partial charge in [-0.3, -0.25) is 9.59 Å². The highest BCUT2D eigenvalue weighted by Gasteiger charge is 2.23. The standard InChI is InChI=1S/C21H18F4N4O3S/c1-11(30)27-17-8-5-12(10-26-17)20(31)28-19-15(22)6-7-16(18(19)23)29-33-14-4-2-3-13(9-14)32-21(24)25/h2-4,6-10,12,21,29H,5H2,1H3,(H,27,30)(H,28,31). The van der Waals surface area contributed by atoms with Gasteiger partial charge in [-0.1, -0.05) is 6.07 Å². The SMILES string of the molecule is CC(=O)NC1=CCC(C(=O)Nc2c(F)ccc(NSc3cccc(OC(F)F)c3)c2F)C=N1. The largest absolute Gasteiger partial charge is 0.435 e. The van der Waals surface area contributed by atoms with Crippen LogP contribution in [0.4, 0.5) is 28.9 Å². The number of carbonyl (C=O) groups is 2. The molecule has 174 valence electrons. The molecule has 3 rings (SSSR count). The summed E-state index contributed by atoms with van der Waals surface area (Å²) in [5.41, 5.74) is -0.785. The molecule has 1 aliphatic heterocycles. The quantitative estimate of drug-likeness (QED) is 0.375. The number of ether oxygens (including phenoxy) is 1. The second-order valence-electron chi connectivity index (χ2n) is 6.72. The average Bonchev–Trinajstić information content (AvgIpc) is 2.76. The molecular weight excluding hydrogens is 464 g/mol. The summed E-state index contributed by atoms with van der Waals surface area (Å²) in [4.78, 5) is 27.9. The van der Waals surface area contributed by atoms with Crippen molar-refractivity contribution in [3.05, 3.63) is 59.9 Å². The van der Waals surface area contributed by atoms with Crippen molar-refractivity contribution in [2.75, 3.05) is 10.0 Å². The molecule has 1 atom stereocenters. The summed E-state index contributed by atoms with van der Waals surface area (Å²) < 4.78 is 60.8. The predicted molar refractivity (Wildman–Crippen MR) is 116 cm³/mol. The number of benzene rings is 2. The first-order chi connectivity index (χ1) is 15.7. The van der Waals surface area contributed by atoms with Crippen LogP contribution in [-0.4, -0.2) is 24.6 Å². The Labute approximate surface area is 190 Å². The minimum Gasteiger partial charge on any atom is -0.435 e. The summed E-state index contributed by atoms with van der Waals surface area (Å²) in [6, 6.07) is 7.82. The lowest BCUT2D eigenvalue weighted by Gasteiger charge is -2.17. The van der Waals surface area contributed by atoms with Gasteiger partial charge in [0.1, 0.15) is 23.1 Å². The molecule has 1 heterocycles. The molecule has 2 amide bonds. The van der Waals surface area contributed by atoms with Gasteiger partial charge in [-0.05, 0) is 54.8 Å². The maximum absolute atomic E-state index is 14.9. The summed E-state index contributed by atoms with van der Waals surface area (Å²) in [6.07, 6.45) is 2.99. The molecule has 0 saturated carbocycles. The number of alkyl halides is 2. The molecule has 2 aromatic rings. The number of amides is 2. The van der Waals surface area contributed by atoms with E-state index >= 15 is 0 Å². The molecule has 2 aromatic carbocycles. The molecule has 0 aromatic heterocycles.